The number of thioether (sulfide) groups is 1. The molecular formula is C13H23NO2S. The second-order valence-corrected chi connectivity index (χ2v) is 7.27. The highest BCUT2D eigenvalue weighted by atomic mass is 32.2. The summed E-state index contributed by atoms with van der Waals surface area (Å²) in [4.78, 5) is 13.7. The maximum Gasteiger partial charge on any atom is 0.321 e. The number of hydrogen-bond donors (Lipinski definition) is 1. The molecule has 0 radical (unpaired) electrons. The molecule has 2 aliphatic rings. The van der Waals surface area contributed by atoms with E-state index in [9.17, 15) is 9.90 Å². The number of aliphatic carboxylic acids is 1. The third-order valence-corrected chi connectivity index (χ3v) is 5.51. The SMILES string of the molecule is CC1CCN(C2CSCCC2(C)C)C1C(=O)O. The van der Waals surface area contributed by atoms with Gasteiger partial charge in [0.15, 0.2) is 0 Å². The molecular weight excluding hydrogens is 234 g/mol. The summed E-state index contributed by atoms with van der Waals surface area (Å²) in [5, 5.41) is 9.41. The summed E-state index contributed by atoms with van der Waals surface area (Å²) in [6.07, 6.45) is 2.22. The fourth-order valence-corrected chi connectivity index (χ4v) is 4.88. The average molecular weight is 257 g/mol. The lowest BCUT2D eigenvalue weighted by Crippen LogP contribution is -2.54. The quantitative estimate of drug-likeness (QED) is 0.824. The summed E-state index contributed by atoms with van der Waals surface area (Å²) >= 11 is 1.97. The molecule has 1 N–H and O–H groups in total. The van der Waals surface area contributed by atoms with E-state index in [-0.39, 0.29) is 17.4 Å². The topological polar surface area (TPSA) is 40.5 Å². The van der Waals surface area contributed by atoms with Crippen molar-refractivity contribution in [3.63, 3.8) is 0 Å². The van der Waals surface area contributed by atoms with Crippen LogP contribution in [0.5, 0.6) is 0 Å². The van der Waals surface area contributed by atoms with Gasteiger partial charge >= 0.3 is 5.97 Å². The second-order valence-electron chi connectivity index (χ2n) is 6.12. The summed E-state index contributed by atoms with van der Waals surface area (Å²) in [6, 6.07) is 0.158. The first-order valence-electron chi connectivity index (χ1n) is 6.50. The number of likely N-dealkylation sites (tertiary alicyclic amines) is 1. The molecule has 0 aliphatic carbocycles. The zero-order valence-electron chi connectivity index (χ0n) is 11.0. The third-order valence-electron chi connectivity index (χ3n) is 4.46. The van der Waals surface area contributed by atoms with Gasteiger partial charge in [-0.3, -0.25) is 9.69 Å². The Labute approximate surface area is 108 Å². The molecule has 2 fully saturated rings. The van der Waals surface area contributed by atoms with E-state index in [4.69, 9.17) is 0 Å². The van der Waals surface area contributed by atoms with E-state index < -0.39 is 5.97 Å². The Morgan fingerprint density at radius 1 is 1.47 bits per heavy atom. The molecule has 3 atom stereocenters. The molecule has 98 valence electrons. The minimum absolute atomic E-state index is 0.253. The van der Waals surface area contributed by atoms with Crippen molar-refractivity contribution < 1.29 is 9.90 Å². The molecule has 0 bridgehead atoms. The molecule has 0 amide bonds. The van der Waals surface area contributed by atoms with Crippen molar-refractivity contribution in [2.75, 3.05) is 18.1 Å². The van der Waals surface area contributed by atoms with Crippen LogP contribution < -0.4 is 0 Å². The van der Waals surface area contributed by atoms with Gasteiger partial charge in [0, 0.05) is 11.8 Å². The van der Waals surface area contributed by atoms with E-state index in [2.05, 4.69) is 25.7 Å². The van der Waals surface area contributed by atoms with E-state index in [1.54, 1.807) is 0 Å². The van der Waals surface area contributed by atoms with Gasteiger partial charge < -0.3 is 5.11 Å². The molecule has 2 aliphatic heterocycles. The van der Waals surface area contributed by atoms with Gasteiger partial charge in [-0.2, -0.15) is 11.8 Å². The molecule has 4 heteroatoms. The first kappa shape index (κ1) is 13.2. The largest absolute Gasteiger partial charge is 0.480 e. The number of nitrogens with zero attached hydrogens (tertiary/aromatic N) is 1. The van der Waals surface area contributed by atoms with E-state index >= 15 is 0 Å². The van der Waals surface area contributed by atoms with Crippen molar-refractivity contribution in [3.05, 3.63) is 0 Å². The maximum absolute atomic E-state index is 11.4. The number of carbonyl (C=O) groups is 1. The van der Waals surface area contributed by atoms with Crippen molar-refractivity contribution in [2.45, 2.75) is 45.7 Å². The standard InChI is InChI=1S/C13H23NO2S/c1-9-4-6-14(11(9)12(15)16)10-8-17-7-5-13(10,2)3/h9-11H,4-8H2,1-3H3,(H,15,16). The van der Waals surface area contributed by atoms with Crippen molar-refractivity contribution >= 4 is 17.7 Å². The van der Waals surface area contributed by atoms with Gasteiger partial charge in [-0.25, -0.2) is 0 Å². The van der Waals surface area contributed by atoms with Crippen LogP contribution in [0.3, 0.4) is 0 Å². The van der Waals surface area contributed by atoms with Crippen molar-refractivity contribution in [1.82, 2.24) is 4.90 Å². The van der Waals surface area contributed by atoms with Crippen LogP contribution in [0.4, 0.5) is 0 Å². The van der Waals surface area contributed by atoms with Gasteiger partial charge in [-0.05, 0) is 36.5 Å². The van der Waals surface area contributed by atoms with Crippen LogP contribution in [-0.2, 0) is 4.79 Å². The Morgan fingerprint density at radius 2 is 2.18 bits per heavy atom. The minimum Gasteiger partial charge on any atom is -0.480 e. The maximum atomic E-state index is 11.4. The molecule has 2 heterocycles. The smallest absolute Gasteiger partial charge is 0.321 e. The lowest BCUT2D eigenvalue weighted by molar-refractivity contribution is -0.145. The molecule has 3 unspecified atom stereocenters. The Morgan fingerprint density at radius 3 is 2.76 bits per heavy atom. The highest BCUT2D eigenvalue weighted by Gasteiger charge is 2.45. The summed E-state index contributed by atoms with van der Waals surface area (Å²) in [6.45, 7) is 7.60. The normalized spacial score (nSPS) is 38.2. The molecule has 17 heavy (non-hydrogen) atoms. The van der Waals surface area contributed by atoms with Crippen LogP contribution in [0.2, 0.25) is 0 Å². The van der Waals surface area contributed by atoms with Gasteiger partial charge in [-0.15, -0.1) is 0 Å². The van der Waals surface area contributed by atoms with Gasteiger partial charge in [0.2, 0.25) is 0 Å². The Hall–Kier alpha value is -0.220. The average Bonchev–Trinajstić information content (AvgIpc) is 2.59. The van der Waals surface area contributed by atoms with Crippen molar-refractivity contribution in [2.24, 2.45) is 11.3 Å². The lowest BCUT2D eigenvalue weighted by Gasteiger charge is -2.45. The van der Waals surface area contributed by atoms with Crippen LogP contribution in [-0.4, -0.2) is 46.1 Å². The van der Waals surface area contributed by atoms with Crippen LogP contribution in [0.15, 0.2) is 0 Å². The summed E-state index contributed by atoms with van der Waals surface area (Å²) in [5.41, 5.74) is 0.253. The second kappa shape index (κ2) is 4.81. The number of carboxylic acids is 1. The number of rotatable bonds is 2. The zero-order chi connectivity index (χ0) is 12.6. The minimum atomic E-state index is -0.638. The van der Waals surface area contributed by atoms with E-state index in [1.807, 2.05) is 11.8 Å². The number of hydrogen-bond acceptors (Lipinski definition) is 3. The first-order chi connectivity index (χ1) is 7.93. The predicted molar refractivity (Wildman–Crippen MR) is 71.4 cm³/mol. The predicted octanol–water partition coefficient (Wildman–Crippen LogP) is 2.31. The summed E-state index contributed by atoms with van der Waals surface area (Å²) in [5.74, 6) is 1.95. The van der Waals surface area contributed by atoms with Gasteiger partial charge in [0.25, 0.3) is 0 Å². The molecule has 2 saturated heterocycles. The lowest BCUT2D eigenvalue weighted by atomic mass is 9.81. The van der Waals surface area contributed by atoms with E-state index in [0.717, 1.165) is 18.7 Å². The van der Waals surface area contributed by atoms with Crippen molar-refractivity contribution in [1.29, 1.82) is 0 Å². The summed E-state index contributed by atoms with van der Waals surface area (Å²) < 4.78 is 0. The fraction of sp³-hybridized carbons (Fsp3) is 0.923. The highest BCUT2D eigenvalue weighted by Crippen LogP contribution is 2.41. The Balaban J connectivity index is 2.18. The zero-order valence-corrected chi connectivity index (χ0v) is 11.8. The molecule has 3 nitrogen and oxygen atoms in total. The monoisotopic (exact) mass is 257 g/mol. The first-order valence-corrected chi connectivity index (χ1v) is 7.65. The van der Waals surface area contributed by atoms with Gasteiger partial charge in [0.05, 0.1) is 0 Å². The van der Waals surface area contributed by atoms with Crippen LogP contribution in [0.25, 0.3) is 0 Å². The van der Waals surface area contributed by atoms with Crippen LogP contribution in [0, 0.1) is 11.3 Å². The highest BCUT2D eigenvalue weighted by molar-refractivity contribution is 7.99. The molecule has 0 aromatic carbocycles. The molecule has 0 aromatic heterocycles. The van der Waals surface area contributed by atoms with E-state index in [0.29, 0.717) is 6.04 Å². The summed E-state index contributed by atoms with van der Waals surface area (Å²) in [7, 11) is 0. The Bertz CT molecular complexity index is 306. The van der Waals surface area contributed by atoms with Crippen LogP contribution in [0.1, 0.15) is 33.6 Å². The molecule has 0 saturated carbocycles. The van der Waals surface area contributed by atoms with E-state index in [1.165, 1.54) is 12.2 Å². The van der Waals surface area contributed by atoms with Gasteiger partial charge in [-0.1, -0.05) is 20.8 Å². The molecule has 0 spiro atoms. The molecule has 0 aromatic rings. The van der Waals surface area contributed by atoms with Gasteiger partial charge in [0.1, 0.15) is 6.04 Å². The molecule has 2 rings (SSSR count). The van der Waals surface area contributed by atoms with Crippen LogP contribution >= 0.6 is 11.8 Å². The number of carboxylic acid groups (broad SMARTS) is 1. The fourth-order valence-electron chi connectivity index (χ4n) is 3.18. The Kier molecular flexibility index (Phi) is 3.74. The third kappa shape index (κ3) is 2.48. The van der Waals surface area contributed by atoms with Crippen molar-refractivity contribution in [3.8, 4) is 0 Å².